The molecule has 2 unspecified atom stereocenters. The lowest BCUT2D eigenvalue weighted by Crippen LogP contribution is -2.40. The van der Waals surface area contributed by atoms with Crippen LogP contribution in [0.25, 0.3) is 0 Å². The van der Waals surface area contributed by atoms with Gasteiger partial charge in [-0.3, -0.25) is 9.59 Å². The zero-order chi connectivity index (χ0) is 14.9. The maximum Gasteiger partial charge on any atom is 0.311 e. The highest BCUT2D eigenvalue weighted by Crippen LogP contribution is 2.40. The van der Waals surface area contributed by atoms with Gasteiger partial charge in [-0.15, -0.1) is 0 Å². The minimum Gasteiger partial charge on any atom is -0.481 e. The van der Waals surface area contributed by atoms with Gasteiger partial charge in [-0.25, -0.2) is 0 Å². The number of carboxylic acids is 1. The molecule has 1 aromatic carbocycles. The summed E-state index contributed by atoms with van der Waals surface area (Å²) in [6.07, 6.45) is 2.24. The molecule has 1 amide bonds. The summed E-state index contributed by atoms with van der Waals surface area (Å²) in [6.45, 7) is 1.74. The number of nitrogens with one attached hydrogen (secondary N) is 1. The molecule has 1 saturated carbocycles. The average Bonchev–Trinajstić information content (AvgIpc) is 2.74. The van der Waals surface area contributed by atoms with Crippen molar-refractivity contribution in [3.05, 3.63) is 28.2 Å². The topological polar surface area (TPSA) is 92.4 Å². The first-order valence-corrected chi connectivity index (χ1v) is 7.23. The highest BCUT2D eigenvalue weighted by atomic mass is 79.9. The van der Waals surface area contributed by atoms with Gasteiger partial charge in [-0.1, -0.05) is 22.4 Å². The Morgan fingerprint density at radius 3 is 2.80 bits per heavy atom. The fraction of sp³-hybridized carbons (Fsp3) is 0.429. The van der Waals surface area contributed by atoms with Crippen LogP contribution in [0.15, 0.2) is 22.7 Å². The van der Waals surface area contributed by atoms with Crippen molar-refractivity contribution in [1.82, 2.24) is 0 Å². The van der Waals surface area contributed by atoms with Crippen molar-refractivity contribution in [2.75, 3.05) is 5.32 Å². The summed E-state index contributed by atoms with van der Waals surface area (Å²) in [7, 11) is 0. The van der Waals surface area contributed by atoms with Crippen LogP contribution in [0.5, 0.6) is 0 Å². The van der Waals surface area contributed by atoms with E-state index in [2.05, 4.69) is 21.2 Å². The minimum atomic E-state index is -0.817. The van der Waals surface area contributed by atoms with Gasteiger partial charge >= 0.3 is 5.97 Å². The van der Waals surface area contributed by atoms with Gasteiger partial charge < -0.3 is 16.2 Å². The Balaban J connectivity index is 2.31. The first kappa shape index (κ1) is 14.8. The van der Waals surface area contributed by atoms with E-state index >= 15 is 0 Å². The van der Waals surface area contributed by atoms with Crippen molar-refractivity contribution >= 4 is 33.5 Å². The Hall–Kier alpha value is -1.56. The number of carboxylic acid groups (broad SMARTS) is 1. The molecule has 5 nitrogen and oxygen atoms in total. The second kappa shape index (κ2) is 5.44. The molecule has 0 heterocycles. The first-order chi connectivity index (χ1) is 9.34. The molecule has 4 N–H and O–H groups in total. The highest BCUT2D eigenvalue weighted by molar-refractivity contribution is 9.10. The van der Waals surface area contributed by atoms with Crippen molar-refractivity contribution < 1.29 is 14.7 Å². The number of rotatable bonds is 4. The molecule has 1 aliphatic rings. The molecular weight excluding hydrogens is 324 g/mol. The molecule has 1 aliphatic carbocycles. The number of halogens is 1. The van der Waals surface area contributed by atoms with Crippen LogP contribution in [0.3, 0.4) is 0 Å². The van der Waals surface area contributed by atoms with E-state index < -0.39 is 17.3 Å². The van der Waals surface area contributed by atoms with E-state index in [4.69, 9.17) is 5.73 Å². The SMILES string of the molecule is CC1(C(=O)O)CCCC1Nc1ccc(Br)cc1C(N)=O. The molecular formula is C14H17BrN2O3. The molecule has 6 heteroatoms. The van der Waals surface area contributed by atoms with Crippen molar-refractivity contribution in [3.63, 3.8) is 0 Å². The number of primary amides is 1. The molecule has 0 bridgehead atoms. The second-order valence-corrected chi connectivity index (χ2v) is 6.28. The molecule has 20 heavy (non-hydrogen) atoms. The molecule has 2 atom stereocenters. The van der Waals surface area contributed by atoms with Gasteiger partial charge in [-0.05, 0) is 38.0 Å². The number of hydrogen-bond acceptors (Lipinski definition) is 3. The minimum absolute atomic E-state index is 0.209. The van der Waals surface area contributed by atoms with E-state index in [0.717, 1.165) is 17.3 Å². The summed E-state index contributed by atoms with van der Waals surface area (Å²) in [5.74, 6) is -1.35. The Bertz CT molecular complexity index is 561. The van der Waals surface area contributed by atoms with Crippen LogP contribution in [0.1, 0.15) is 36.5 Å². The predicted octanol–water partition coefficient (Wildman–Crippen LogP) is 2.60. The third-order valence-electron chi connectivity index (χ3n) is 4.02. The fourth-order valence-corrected chi connectivity index (χ4v) is 3.05. The van der Waals surface area contributed by atoms with E-state index in [1.54, 1.807) is 25.1 Å². The quantitative estimate of drug-likeness (QED) is 0.785. The number of amides is 1. The molecule has 2 rings (SSSR count). The van der Waals surface area contributed by atoms with Gasteiger partial charge in [0.1, 0.15) is 0 Å². The maximum atomic E-state index is 11.5. The van der Waals surface area contributed by atoms with E-state index in [0.29, 0.717) is 17.7 Å². The molecule has 1 fully saturated rings. The van der Waals surface area contributed by atoms with Gasteiger partial charge in [0, 0.05) is 16.2 Å². The summed E-state index contributed by atoms with van der Waals surface area (Å²) in [5.41, 5.74) is 5.50. The standard InChI is InChI=1S/C14H17BrN2O3/c1-14(13(19)20)6-2-3-11(14)17-10-5-4-8(15)7-9(10)12(16)18/h4-5,7,11,17H,2-3,6H2,1H3,(H2,16,18)(H,19,20). The molecule has 0 aromatic heterocycles. The summed E-state index contributed by atoms with van der Waals surface area (Å²) < 4.78 is 0.754. The van der Waals surface area contributed by atoms with Crippen LogP contribution >= 0.6 is 15.9 Å². The van der Waals surface area contributed by atoms with E-state index in [1.165, 1.54) is 0 Å². The Morgan fingerprint density at radius 2 is 2.20 bits per heavy atom. The summed E-state index contributed by atoms with van der Waals surface area (Å²) in [6, 6.07) is 4.96. The van der Waals surface area contributed by atoms with Crippen molar-refractivity contribution in [2.45, 2.75) is 32.2 Å². The number of nitrogens with two attached hydrogens (primary N) is 1. The molecule has 108 valence electrons. The van der Waals surface area contributed by atoms with E-state index in [1.807, 2.05) is 0 Å². The van der Waals surface area contributed by atoms with Gasteiger partial charge in [-0.2, -0.15) is 0 Å². The molecule has 0 radical (unpaired) electrons. The first-order valence-electron chi connectivity index (χ1n) is 6.44. The molecule has 0 saturated heterocycles. The summed E-state index contributed by atoms with van der Waals surface area (Å²) in [4.78, 5) is 22.9. The fourth-order valence-electron chi connectivity index (χ4n) is 2.69. The normalized spacial score (nSPS) is 25.4. The number of carbonyl (C=O) groups excluding carboxylic acids is 1. The Kier molecular flexibility index (Phi) is 4.04. The lowest BCUT2D eigenvalue weighted by Gasteiger charge is -2.29. The van der Waals surface area contributed by atoms with Gasteiger partial charge in [0.25, 0.3) is 5.91 Å². The van der Waals surface area contributed by atoms with Crippen LogP contribution in [0.2, 0.25) is 0 Å². The average molecular weight is 341 g/mol. The zero-order valence-electron chi connectivity index (χ0n) is 11.1. The van der Waals surface area contributed by atoms with Crippen LogP contribution in [-0.2, 0) is 4.79 Å². The molecule has 1 aromatic rings. The van der Waals surface area contributed by atoms with Crippen LogP contribution in [-0.4, -0.2) is 23.0 Å². The third kappa shape index (κ3) is 2.65. The monoisotopic (exact) mass is 340 g/mol. The van der Waals surface area contributed by atoms with Gasteiger partial charge in [0.15, 0.2) is 0 Å². The van der Waals surface area contributed by atoms with Gasteiger partial charge in [0.2, 0.25) is 0 Å². The Labute approximate surface area is 125 Å². The van der Waals surface area contributed by atoms with Gasteiger partial charge in [0.05, 0.1) is 11.0 Å². The number of hydrogen-bond donors (Lipinski definition) is 3. The van der Waals surface area contributed by atoms with Crippen molar-refractivity contribution in [2.24, 2.45) is 11.1 Å². The largest absolute Gasteiger partial charge is 0.481 e. The zero-order valence-corrected chi connectivity index (χ0v) is 12.7. The highest BCUT2D eigenvalue weighted by Gasteiger charge is 2.45. The molecule has 0 spiro atoms. The number of carbonyl (C=O) groups is 2. The van der Waals surface area contributed by atoms with Crippen molar-refractivity contribution in [3.8, 4) is 0 Å². The predicted molar refractivity (Wildman–Crippen MR) is 79.7 cm³/mol. The van der Waals surface area contributed by atoms with Crippen LogP contribution in [0.4, 0.5) is 5.69 Å². The number of benzene rings is 1. The third-order valence-corrected chi connectivity index (χ3v) is 4.52. The maximum absolute atomic E-state index is 11.5. The van der Waals surface area contributed by atoms with Crippen LogP contribution in [0, 0.1) is 5.41 Å². The van der Waals surface area contributed by atoms with E-state index in [9.17, 15) is 14.7 Å². The lowest BCUT2D eigenvalue weighted by molar-refractivity contribution is -0.147. The van der Waals surface area contributed by atoms with E-state index in [-0.39, 0.29) is 6.04 Å². The Morgan fingerprint density at radius 1 is 1.50 bits per heavy atom. The van der Waals surface area contributed by atoms with Crippen molar-refractivity contribution in [1.29, 1.82) is 0 Å². The number of aliphatic carboxylic acids is 1. The summed E-state index contributed by atoms with van der Waals surface area (Å²) in [5, 5.41) is 12.6. The molecule has 0 aliphatic heterocycles. The summed E-state index contributed by atoms with van der Waals surface area (Å²) >= 11 is 3.29. The smallest absolute Gasteiger partial charge is 0.311 e. The van der Waals surface area contributed by atoms with Crippen LogP contribution < -0.4 is 11.1 Å². The number of anilines is 1. The lowest BCUT2D eigenvalue weighted by atomic mass is 9.84. The second-order valence-electron chi connectivity index (χ2n) is 5.37.